The van der Waals surface area contributed by atoms with Crippen LogP contribution in [-0.2, 0) is 0 Å². The standard InChI is InChI=1S/C17H29ClN2/c1-12(2)10-20(11-13(3)4)17-8-7-15(9-16(17)18)14(5)19-6/h7-9,12-14,19H,10-11H2,1-6H3. The van der Waals surface area contributed by atoms with E-state index in [1.165, 1.54) is 5.56 Å². The maximum atomic E-state index is 6.52. The van der Waals surface area contributed by atoms with Crippen molar-refractivity contribution in [3.8, 4) is 0 Å². The van der Waals surface area contributed by atoms with Crippen LogP contribution in [0.3, 0.4) is 0 Å². The predicted octanol–water partition coefficient (Wildman–Crippen LogP) is 4.74. The van der Waals surface area contributed by atoms with Crippen LogP contribution in [0.5, 0.6) is 0 Å². The molecule has 0 amide bonds. The average molecular weight is 297 g/mol. The van der Waals surface area contributed by atoms with Crippen molar-refractivity contribution < 1.29 is 0 Å². The zero-order chi connectivity index (χ0) is 15.3. The Morgan fingerprint density at radius 1 is 1.05 bits per heavy atom. The topological polar surface area (TPSA) is 15.3 Å². The molecule has 0 radical (unpaired) electrons. The minimum atomic E-state index is 0.324. The molecule has 1 aromatic rings. The van der Waals surface area contributed by atoms with Crippen molar-refractivity contribution in [1.29, 1.82) is 0 Å². The third-order valence-corrected chi connectivity index (χ3v) is 3.72. The lowest BCUT2D eigenvalue weighted by molar-refractivity contribution is 0.552. The van der Waals surface area contributed by atoms with E-state index in [4.69, 9.17) is 11.6 Å². The molecule has 0 aliphatic rings. The van der Waals surface area contributed by atoms with E-state index in [1.807, 2.05) is 7.05 Å². The average Bonchev–Trinajstić information content (AvgIpc) is 2.35. The molecule has 0 heterocycles. The highest BCUT2D eigenvalue weighted by Crippen LogP contribution is 2.30. The zero-order valence-electron chi connectivity index (χ0n) is 13.7. The van der Waals surface area contributed by atoms with Crippen molar-refractivity contribution in [2.24, 2.45) is 11.8 Å². The summed E-state index contributed by atoms with van der Waals surface area (Å²) in [5.74, 6) is 1.25. The van der Waals surface area contributed by atoms with Gasteiger partial charge in [-0.25, -0.2) is 0 Å². The lowest BCUT2D eigenvalue weighted by atomic mass is 10.1. The molecule has 1 N–H and O–H groups in total. The molecule has 0 aliphatic carbocycles. The quantitative estimate of drug-likeness (QED) is 0.782. The van der Waals surface area contributed by atoms with Crippen LogP contribution in [0.15, 0.2) is 18.2 Å². The molecule has 1 rings (SSSR count). The van der Waals surface area contributed by atoms with Gasteiger partial charge >= 0.3 is 0 Å². The Labute approximate surface area is 129 Å². The molecule has 0 bridgehead atoms. The van der Waals surface area contributed by atoms with E-state index < -0.39 is 0 Å². The van der Waals surface area contributed by atoms with Crippen molar-refractivity contribution >= 4 is 17.3 Å². The van der Waals surface area contributed by atoms with E-state index >= 15 is 0 Å². The summed E-state index contributed by atoms with van der Waals surface area (Å²) in [5.41, 5.74) is 2.39. The lowest BCUT2D eigenvalue weighted by Crippen LogP contribution is -2.31. The maximum absolute atomic E-state index is 6.52. The lowest BCUT2D eigenvalue weighted by Gasteiger charge is -2.29. The van der Waals surface area contributed by atoms with E-state index in [0.29, 0.717) is 17.9 Å². The number of nitrogens with zero attached hydrogens (tertiary/aromatic N) is 1. The first-order valence-electron chi connectivity index (χ1n) is 7.56. The van der Waals surface area contributed by atoms with Gasteiger partial charge < -0.3 is 10.2 Å². The van der Waals surface area contributed by atoms with Gasteiger partial charge in [0.25, 0.3) is 0 Å². The fourth-order valence-electron chi connectivity index (χ4n) is 2.37. The van der Waals surface area contributed by atoms with Crippen LogP contribution in [0.1, 0.15) is 46.2 Å². The zero-order valence-corrected chi connectivity index (χ0v) is 14.5. The van der Waals surface area contributed by atoms with Crippen LogP contribution in [0, 0.1) is 11.8 Å². The Bertz CT molecular complexity index is 405. The molecule has 0 aliphatic heterocycles. The highest BCUT2D eigenvalue weighted by Gasteiger charge is 2.15. The fourth-order valence-corrected chi connectivity index (χ4v) is 2.68. The molecule has 1 aromatic carbocycles. The van der Waals surface area contributed by atoms with Gasteiger partial charge in [0, 0.05) is 19.1 Å². The van der Waals surface area contributed by atoms with E-state index in [-0.39, 0.29) is 0 Å². The minimum Gasteiger partial charge on any atom is -0.370 e. The van der Waals surface area contributed by atoms with Crippen LogP contribution in [-0.4, -0.2) is 20.1 Å². The van der Waals surface area contributed by atoms with Crippen LogP contribution >= 0.6 is 11.6 Å². The number of hydrogen-bond donors (Lipinski definition) is 1. The Kier molecular flexibility index (Phi) is 6.84. The first-order chi connectivity index (χ1) is 9.35. The normalized spacial score (nSPS) is 13.1. The second-order valence-electron chi connectivity index (χ2n) is 6.41. The highest BCUT2D eigenvalue weighted by atomic mass is 35.5. The van der Waals surface area contributed by atoms with Crippen molar-refractivity contribution in [3.63, 3.8) is 0 Å². The van der Waals surface area contributed by atoms with Gasteiger partial charge in [-0.05, 0) is 43.5 Å². The van der Waals surface area contributed by atoms with Crippen molar-refractivity contribution in [3.05, 3.63) is 28.8 Å². The Hall–Kier alpha value is -0.730. The summed E-state index contributed by atoms with van der Waals surface area (Å²) in [6, 6.07) is 6.75. The Morgan fingerprint density at radius 3 is 2.00 bits per heavy atom. The molecule has 0 spiro atoms. The maximum Gasteiger partial charge on any atom is 0.0642 e. The largest absolute Gasteiger partial charge is 0.370 e. The van der Waals surface area contributed by atoms with Crippen LogP contribution < -0.4 is 10.2 Å². The molecule has 1 atom stereocenters. The van der Waals surface area contributed by atoms with E-state index in [2.05, 4.69) is 63.0 Å². The number of rotatable bonds is 7. The molecular weight excluding hydrogens is 268 g/mol. The molecule has 3 heteroatoms. The second-order valence-corrected chi connectivity index (χ2v) is 6.82. The number of halogens is 1. The third kappa shape index (κ3) is 4.99. The molecule has 0 fully saturated rings. The molecule has 0 saturated heterocycles. The van der Waals surface area contributed by atoms with Gasteiger partial charge in [-0.1, -0.05) is 45.4 Å². The first kappa shape index (κ1) is 17.3. The Morgan fingerprint density at radius 2 is 1.60 bits per heavy atom. The molecular formula is C17H29ClN2. The smallest absolute Gasteiger partial charge is 0.0642 e. The monoisotopic (exact) mass is 296 g/mol. The van der Waals surface area contributed by atoms with E-state index in [9.17, 15) is 0 Å². The fraction of sp³-hybridized carbons (Fsp3) is 0.647. The molecule has 0 aromatic heterocycles. The van der Waals surface area contributed by atoms with Crippen LogP contribution in [0.2, 0.25) is 5.02 Å². The summed E-state index contributed by atoms with van der Waals surface area (Å²) in [7, 11) is 1.97. The van der Waals surface area contributed by atoms with Gasteiger partial charge in [0.2, 0.25) is 0 Å². The molecule has 114 valence electrons. The summed E-state index contributed by atoms with van der Waals surface area (Å²) in [6.07, 6.45) is 0. The molecule has 1 unspecified atom stereocenters. The summed E-state index contributed by atoms with van der Waals surface area (Å²) in [4.78, 5) is 2.41. The van der Waals surface area contributed by atoms with Crippen LogP contribution in [0.25, 0.3) is 0 Å². The van der Waals surface area contributed by atoms with Gasteiger partial charge in [-0.15, -0.1) is 0 Å². The predicted molar refractivity (Wildman–Crippen MR) is 90.8 cm³/mol. The third-order valence-electron chi connectivity index (χ3n) is 3.42. The number of nitrogens with one attached hydrogen (secondary N) is 1. The van der Waals surface area contributed by atoms with Crippen molar-refractivity contribution in [2.75, 3.05) is 25.0 Å². The molecule has 0 saturated carbocycles. The van der Waals surface area contributed by atoms with Gasteiger partial charge in [0.15, 0.2) is 0 Å². The summed E-state index contributed by atoms with van der Waals surface area (Å²) >= 11 is 6.52. The second kappa shape index (κ2) is 7.90. The summed E-state index contributed by atoms with van der Waals surface area (Å²) in [6.45, 7) is 13.2. The first-order valence-corrected chi connectivity index (χ1v) is 7.94. The van der Waals surface area contributed by atoms with E-state index in [0.717, 1.165) is 23.8 Å². The van der Waals surface area contributed by atoms with Crippen molar-refractivity contribution in [2.45, 2.75) is 40.7 Å². The molecule has 20 heavy (non-hydrogen) atoms. The van der Waals surface area contributed by atoms with Crippen LogP contribution in [0.4, 0.5) is 5.69 Å². The van der Waals surface area contributed by atoms with Gasteiger partial charge in [0.1, 0.15) is 0 Å². The SMILES string of the molecule is CNC(C)c1ccc(N(CC(C)C)CC(C)C)c(Cl)c1. The van der Waals surface area contributed by atoms with Gasteiger partial charge in [-0.3, -0.25) is 0 Å². The number of hydrogen-bond acceptors (Lipinski definition) is 2. The Balaban J connectivity index is 3.01. The minimum absolute atomic E-state index is 0.324. The van der Waals surface area contributed by atoms with E-state index in [1.54, 1.807) is 0 Å². The number of anilines is 1. The van der Waals surface area contributed by atoms with Crippen molar-refractivity contribution in [1.82, 2.24) is 5.32 Å². The highest BCUT2D eigenvalue weighted by molar-refractivity contribution is 6.33. The number of benzene rings is 1. The van der Waals surface area contributed by atoms with Gasteiger partial charge in [-0.2, -0.15) is 0 Å². The molecule has 2 nitrogen and oxygen atoms in total. The summed E-state index contributed by atoms with van der Waals surface area (Å²) in [5, 5.41) is 4.10. The van der Waals surface area contributed by atoms with Gasteiger partial charge in [0.05, 0.1) is 10.7 Å². The summed E-state index contributed by atoms with van der Waals surface area (Å²) < 4.78 is 0.